The third-order valence-electron chi connectivity index (χ3n) is 3.67. The number of likely N-dealkylation sites (tertiary alicyclic amines) is 1. The van der Waals surface area contributed by atoms with Crippen molar-refractivity contribution in [3.05, 3.63) is 22.4 Å². The molecule has 2 heterocycles. The molecule has 5 nitrogen and oxygen atoms in total. The molecule has 2 N–H and O–H groups in total. The van der Waals surface area contributed by atoms with Crippen LogP contribution in [0.5, 0.6) is 0 Å². The van der Waals surface area contributed by atoms with Crippen LogP contribution >= 0.6 is 11.3 Å². The highest BCUT2D eigenvalue weighted by Crippen LogP contribution is 2.23. The molecule has 1 aliphatic heterocycles. The lowest BCUT2D eigenvalue weighted by Crippen LogP contribution is -2.43. The lowest BCUT2D eigenvalue weighted by Gasteiger charge is -2.20. The van der Waals surface area contributed by atoms with Crippen molar-refractivity contribution in [1.29, 1.82) is 0 Å². The molecular formula is C14H20N2O3S. The standard InChI is InChI=1S/C14H20N2O3S/c1-9-7-16(8-12(9)13(17)18)14(19)15-10(2)6-11-4-3-5-20-11/h3-5,9-10,12H,6-8H2,1-2H3,(H,15,19)(H,17,18). The minimum absolute atomic E-state index is 0.00542. The zero-order valence-corrected chi connectivity index (χ0v) is 12.5. The van der Waals surface area contributed by atoms with Gasteiger partial charge in [-0.1, -0.05) is 13.0 Å². The molecule has 6 heteroatoms. The van der Waals surface area contributed by atoms with Crippen molar-refractivity contribution in [2.24, 2.45) is 11.8 Å². The fraction of sp³-hybridized carbons (Fsp3) is 0.571. The summed E-state index contributed by atoms with van der Waals surface area (Å²) in [6.45, 7) is 4.65. The third kappa shape index (κ3) is 3.50. The molecule has 1 aromatic rings. The highest BCUT2D eigenvalue weighted by atomic mass is 32.1. The zero-order valence-electron chi connectivity index (χ0n) is 11.7. The minimum atomic E-state index is -0.820. The summed E-state index contributed by atoms with van der Waals surface area (Å²) in [5.41, 5.74) is 0. The number of rotatable bonds is 4. The van der Waals surface area contributed by atoms with Gasteiger partial charge in [-0.15, -0.1) is 11.3 Å². The van der Waals surface area contributed by atoms with Crippen molar-refractivity contribution in [3.63, 3.8) is 0 Å². The lowest BCUT2D eigenvalue weighted by molar-refractivity contribution is -0.142. The monoisotopic (exact) mass is 296 g/mol. The molecule has 1 saturated heterocycles. The third-order valence-corrected chi connectivity index (χ3v) is 4.57. The van der Waals surface area contributed by atoms with Crippen LogP contribution in [0.3, 0.4) is 0 Å². The van der Waals surface area contributed by atoms with Gasteiger partial charge < -0.3 is 15.3 Å². The Labute approximate surface area is 122 Å². The van der Waals surface area contributed by atoms with Gasteiger partial charge in [0.05, 0.1) is 5.92 Å². The van der Waals surface area contributed by atoms with Crippen LogP contribution in [0.15, 0.2) is 17.5 Å². The van der Waals surface area contributed by atoms with Gasteiger partial charge in [-0.05, 0) is 24.3 Å². The van der Waals surface area contributed by atoms with Gasteiger partial charge in [0.2, 0.25) is 0 Å². The Morgan fingerprint density at radius 2 is 2.30 bits per heavy atom. The van der Waals surface area contributed by atoms with Crippen LogP contribution in [0.1, 0.15) is 18.7 Å². The highest BCUT2D eigenvalue weighted by molar-refractivity contribution is 7.09. The van der Waals surface area contributed by atoms with Crippen LogP contribution in [0, 0.1) is 11.8 Å². The fourth-order valence-corrected chi connectivity index (χ4v) is 3.37. The number of nitrogens with one attached hydrogen (secondary N) is 1. The summed E-state index contributed by atoms with van der Waals surface area (Å²) in [5, 5.41) is 14.0. The van der Waals surface area contributed by atoms with Crippen molar-refractivity contribution in [2.75, 3.05) is 13.1 Å². The first-order chi connectivity index (χ1) is 9.47. The molecule has 0 spiro atoms. The van der Waals surface area contributed by atoms with E-state index in [0.717, 1.165) is 6.42 Å². The number of aliphatic carboxylic acids is 1. The van der Waals surface area contributed by atoms with Crippen molar-refractivity contribution in [1.82, 2.24) is 10.2 Å². The predicted octanol–water partition coefficient (Wildman–Crippen LogP) is 2.04. The molecule has 0 radical (unpaired) electrons. The van der Waals surface area contributed by atoms with Crippen molar-refractivity contribution in [3.8, 4) is 0 Å². The maximum atomic E-state index is 12.1. The van der Waals surface area contributed by atoms with Crippen molar-refractivity contribution in [2.45, 2.75) is 26.3 Å². The largest absolute Gasteiger partial charge is 0.481 e. The van der Waals surface area contributed by atoms with Crippen molar-refractivity contribution >= 4 is 23.3 Å². The number of amides is 2. The van der Waals surface area contributed by atoms with Gasteiger partial charge in [0, 0.05) is 30.4 Å². The van der Waals surface area contributed by atoms with Crippen LogP contribution in [0.25, 0.3) is 0 Å². The number of hydrogen-bond acceptors (Lipinski definition) is 3. The van der Waals surface area contributed by atoms with E-state index in [1.165, 1.54) is 4.88 Å². The number of carbonyl (C=O) groups is 2. The Balaban J connectivity index is 1.84. The molecule has 2 rings (SSSR count). The van der Waals surface area contributed by atoms with E-state index >= 15 is 0 Å². The second-order valence-corrected chi connectivity index (χ2v) is 6.49. The molecule has 0 bridgehead atoms. The van der Waals surface area contributed by atoms with Crippen molar-refractivity contribution < 1.29 is 14.7 Å². The normalized spacial score (nSPS) is 23.6. The van der Waals surface area contributed by atoms with E-state index in [4.69, 9.17) is 5.11 Å². The number of hydrogen-bond donors (Lipinski definition) is 2. The minimum Gasteiger partial charge on any atom is -0.481 e. The summed E-state index contributed by atoms with van der Waals surface area (Å²) in [7, 11) is 0. The molecule has 110 valence electrons. The molecule has 20 heavy (non-hydrogen) atoms. The SMILES string of the molecule is CC(Cc1cccs1)NC(=O)N1CC(C)C(C(=O)O)C1. The van der Waals surface area contributed by atoms with Crippen LogP contribution in [0.4, 0.5) is 4.79 Å². The molecule has 0 aromatic carbocycles. The number of thiophene rings is 1. The van der Waals surface area contributed by atoms with Gasteiger partial charge >= 0.3 is 12.0 Å². The Bertz CT molecular complexity index is 475. The van der Waals surface area contributed by atoms with E-state index in [1.54, 1.807) is 16.2 Å². The van der Waals surface area contributed by atoms with Gasteiger partial charge in [-0.25, -0.2) is 4.79 Å². The topological polar surface area (TPSA) is 69.6 Å². The van der Waals surface area contributed by atoms with Crippen LogP contribution in [0.2, 0.25) is 0 Å². The van der Waals surface area contributed by atoms with Gasteiger partial charge in [-0.2, -0.15) is 0 Å². The average molecular weight is 296 g/mol. The van der Waals surface area contributed by atoms with E-state index in [0.29, 0.717) is 13.1 Å². The average Bonchev–Trinajstić information content (AvgIpc) is 2.98. The number of carboxylic acid groups (broad SMARTS) is 1. The first-order valence-corrected chi connectivity index (χ1v) is 7.66. The smallest absolute Gasteiger partial charge is 0.317 e. The number of carbonyl (C=O) groups excluding carboxylic acids is 1. The van der Waals surface area contributed by atoms with Crippen LogP contribution in [-0.2, 0) is 11.2 Å². The summed E-state index contributed by atoms with van der Waals surface area (Å²) < 4.78 is 0. The molecule has 0 saturated carbocycles. The molecule has 0 aliphatic carbocycles. The summed E-state index contributed by atoms with van der Waals surface area (Å²) in [4.78, 5) is 26.0. The van der Waals surface area contributed by atoms with E-state index in [9.17, 15) is 9.59 Å². The number of urea groups is 1. The van der Waals surface area contributed by atoms with Gasteiger partial charge in [0.1, 0.15) is 0 Å². The van der Waals surface area contributed by atoms with E-state index in [2.05, 4.69) is 5.32 Å². The molecular weight excluding hydrogens is 276 g/mol. The Kier molecular flexibility index (Phi) is 4.65. The number of carboxylic acids is 1. The van der Waals surface area contributed by atoms with Crippen LogP contribution in [-0.4, -0.2) is 41.1 Å². The Morgan fingerprint density at radius 1 is 1.55 bits per heavy atom. The summed E-state index contributed by atoms with van der Waals surface area (Å²) in [5.74, 6) is -1.27. The van der Waals surface area contributed by atoms with Crippen LogP contribution < -0.4 is 5.32 Å². The van der Waals surface area contributed by atoms with E-state index < -0.39 is 11.9 Å². The van der Waals surface area contributed by atoms with Gasteiger partial charge in [-0.3, -0.25) is 4.79 Å². The van der Waals surface area contributed by atoms with E-state index in [1.807, 2.05) is 31.4 Å². The molecule has 3 unspecified atom stereocenters. The maximum Gasteiger partial charge on any atom is 0.317 e. The first-order valence-electron chi connectivity index (χ1n) is 6.78. The molecule has 3 atom stereocenters. The molecule has 1 aromatic heterocycles. The maximum absolute atomic E-state index is 12.1. The second kappa shape index (κ2) is 6.26. The molecule has 1 fully saturated rings. The first kappa shape index (κ1) is 14.8. The number of nitrogens with zero attached hydrogens (tertiary/aromatic N) is 1. The van der Waals surface area contributed by atoms with E-state index in [-0.39, 0.29) is 18.0 Å². The Hall–Kier alpha value is -1.56. The molecule has 1 aliphatic rings. The summed E-state index contributed by atoms with van der Waals surface area (Å²) >= 11 is 1.67. The Morgan fingerprint density at radius 3 is 2.85 bits per heavy atom. The van der Waals surface area contributed by atoms with Gasteiger partial charge in [0.15, 0.2) is 0 Å². The zero-order chi connectivity index (χ0) is 14.7. The van der Waals surface area contributed by atoms with Gasteiger partial charge in [0.25, 0.3) is 0 Å². The second-order valence-electron chi connectivity index (χ2n) is 5.46. The summed E-state index contributed by atoms with van der Waals surface area (Å²) in [6.07, 6.45) is 0.801. The highest BCUT2D eigenvalue weighted by Gasteiger charge is 2.37. The summed E-state index contributed by atoms with van der Waals surface area (Å²) in [6, 6.07) is 3.92. The quantitative estimate of drug-likeness (QED) is 0.893. The lowest BCUT2D eigenvalue weighted by atomic mass is 9.99. The fourth-order valence-electron chi connectivity index (χ4n) is 2.54. The molecule has 2 amide bonds. The predicted molar refractivity (Wildman–Crippen MR) is 77.9 cm³/mol.